The number of aliphatic hydroxyl groups is 2. The summed E-state index contributed by atoms with van der Waals surface area (Å²) in [4.78, 5) is 24.6. The fraction of sp³-hybridized carbons (Fsp3) is 0.765. The molecule has 12 heteroatoms. The van der Waals surface area contributed by atoms with Gasteiger partial charge in [0.1, 0.15) is 6.61 Å². The molecule has 0 aliphatic heterocycles. The zero-order valence-electron chi connectivity index (χ0n) is 27.7. The van der Waals surface area contributed by atoms with Gasteiger partial charge in [-0.15, -0.1) is 0 Å². The van der Waals surface area contributed by atoms with E-state index in [9.17, 15) is 9.59 Å². The van der Waals surface area contributed by atoms with Crippen LogP contribution in [-0.4, -0.2) is 121 Å². The quantitative estimate of drug-likeness (QED) is 0.0741. The Hall–Kier alpha value is -2.16. The molecule has 0 saturated carbocycles. The van der Waals surface area contributed by atoms with E-state index < -0.39 is 0 Å². The van der Waals surface area contributed by atoms with E-state index in [1.807, 2.05) is 30.3 Å². The van der Waals surface area contributed by atoms with Crippen molar-refractivity contribution in [2.75, 3.05) is 92.5 Å². The van der Waals surface area contributed by atoms with Gasteiger partial charge in [-0.1, -0.05) is 30.3 Å². The molecule has 0 aliphatic carbocycles. The highest BCUT2D eigenvalue weighted by atomic mass is 16.5. The highest BCUT2D eigenvalue weighted by Crippen LogP contribution is 2.06. The number of hydrogen-bond acceptors (Lipinski definition) is 11. The van der Waals surface area contributed by atoms with Crippen molar-refractivity contribution in [2.24, 2.45) is 0 Å². The number of ether oxygens (including phenoxy) is 7. The first kappa shape index (κ1) is 41.9. The standard InChI is InChI=1S/C34H59NO11/c36-16-6-18-40-20-8-22-42-24-10-26-44-29-32(30-45-27-11-25-43-23-9-21-41-19-7-17-37)35-33(38)14-4-5-15-34(39)46-28-31-12-2-1-3-13-31/h1-3,12-13,32,36-37H,4-11,14-30H2,(H,35,38). The summed E-state index contributed by atoms with van der Waals surface area (Å²) in [5, 5.41) is 20.5. The maximum atomic E-state index is 12.6. The molecule has 0 bridgehead atoms. The maximum Gasteiger partial charge on any atom is 0.306 e. The molecule has 46 heavy (non-hydrogen) atoms. The van der Waals surface area contributed by atoms with Gasteiger partial charge < -0.3 is 48.7 Å². The van der Waals surface area contributed by atoms with E-state index in [1.165, 1.54) is 0 Å². The number of esters is 1. The van der Waals surface area contributed by atoms with E-state index in [1.54, 1.807) is 0 Å². The van der Waals surface area contributed by atoms with E-state index in [0.717, 1.165) is 31.2 Å². The van der Waals surface area contributed by atoms with Crippen molar-refractivity contribution in [3.8, 4) is 0 Å². The Morgan fingerprint density at radius 3 is 1.48 bits per heavy atom. The van der Waals surface area contributed by atoms with E-state index >= 15 is 0 Å². The zero-order chi connectivity index (χ0) is 33.2. The summed E-state index contributed by atoms with van der Waals surface area (Å²) in [5.74, 6) is -0.376. The molecule has 3 N–H and O–H groups in total. The van der Waals surface area contributed by atoms with Crippen LogP contribution >= 0.6 is 0 Å². The van der Waals surface area contributed by atoms with Gasteiger partial charge in [0, 0.05) is 92.1 Å². The SMILES string of the molecule is O=C(CCCCC(=O)OCc1ccccc1)NC(COCCCOCCCOCCCO)COCCCOCCCOCCCO. The van der Waals surface area contributed by atoms with E-state index in [0.29, 0.717) is 111 Å². The summed E-state index contributed by atoms with van der Waals surface area (Å²) in [6, 6.07) is 9.24. The minimum atomic E-state index is -0.294. The summed E-state index contributed by atoms with van der Waals surface area (Å²) < 4.78 is 38.9. The first-order chi connectivity index (χ1) is 22.7. The molecule has 1 aromatic rings. The summed E-state index contributed by atoms with van der Waals surface area (Å²) in [6.45, 7) is 6.90. The van der Waals surface area contributed by atoms with Crippen LogP contribution in [0, 0.1) is 0 Å². The number of aliphatic hydroxyl groups excluding tert-OH is 2. The Kier molecular flexibility index (Phi) is 29.8. The summed E-state index contributed by atoms with van der Waals surface area (Å²) in [7, 11) is 0. The third-order valence-electron chi connectivity index (χ3n) is 6.48. The molecule has 0 aliphatic rings. The molecule has 0 spiro atoms. The van der Waals surface area contributed by atoms with Crippen molar-refractivity contribution >= 4 is 11.9 Å². The van der Waals surface area contributed by atoms with Gasteiger partial charge in [0.15, 0.2) is 0 Å². The second-order valence-corrected chi connectivity index (χ2v) is 10.8. The summed E-state index contributed by atoms with van der Waals surface area (Å²) >= 11 is 0. The molecule has 0 atom stereocenters. The number of carbonyl (C=O) groups excluding carboxylic acids is 2. The molecule has 0 unspecified atom stereocenters. The molecule has 1 rings (SSSR count). The number of nitrogens with one attached hydrogen (secondary N) is 1. The van der Waals surface area contributed by atoms with Crippen LogP contribution in [0.25, 0.3) is 0 Å². The second kappa shape index (κ2) is 32.8. The van der Waals surface area contributed by atoms with Crippen LogP contribution in [0.5, 0.6) is 0 Å². The summed E-state index contributed by atoms with van der Waals surface area (Å²) in [5.41, 5.74) is 0.943. The van der Waals surface area contributed by atoms with Gasteiger partial charge in [0.25, 0.3) is 0 Å². The van der Waals surface area contributed by atoms with Gasteiger partial charge in [-0.05, 0) is 56.9 Å². The molecule has 12 nitrogen and oxygen atoms in total. The normalized spacial score (nSPS) is 11.3. The third-order valence-corrected chi connectivity index (χ3v) is 6.48. The highest BCUT2D eigenvalue weighted by molar-refractivity contribution is 5.76. The number of unbranched alkanes of at least 4 members (excludes halogenated alkanes) is 1. The number of rotatable bonds is 34. The molecular formula is C34H59NO11. The Labute approximate surface area is 275 Å². The lowest BCUT2D eigenvalue weighted by atomic mass is 10.2. The number of amides is 1. The third kappa shape index (κ3) is 28.1. The Balaban J connectivity index is 2.22. The lowest BCUT2D eigenvalue weighted by Crippen LogP contribution is -2.41. The van der Waals surface area contributed by atoms with Crippen LogP contribution in [0.4, 0.5) is 0 Å². The molecule has 0 fully saturated rings. The Bertz CT molecular complexity index is 788. The van der Waals surface area contributed by atoms with Gasteiger partial charge >= 0.3 is 5.97 Å². The second-order valence-electron chi connectivity index (χ2n) is 10.8. The lowest BCUT2D eigenvalue weighted by molar-refractivity contribution is -0.145. The van der Waals surface area contributed by atoms with Gasteiger partial charge in [-0.25, -0.2) is 0 Å². The van der Waals surface area contributed by atoms with Crippen molar-refractivity contribution in [3.05, 3.63) is 35.9 Å². The van der Waals surface area contributed by atoms with Crippen molar-refractivity contribution in [3.63, 3.8) is 0 Å². The molecule has 0 heterocycles. The van der Waals surface area contributed by atoms with Crippen LogP contribution < -0.4 is 5.32 Å². The van der Waals surface area contributed by atoms with Crippen molar-refractivity contribution in [1.29, 1.82) is 0 Å². The number of carbonyl (C=O) groups is 2. The highest BCUT2D eigenvalue weighted by Gasteiger charge is 2.14. The maximum absolute atomic E-state index is 12.6. The number of benzene rings is 1. The summed E-state index contributed by atoms with van der Waals surface area (Å²) in [6.07, 6.45) is 6.09. The molecule has 266 valence electrons. The average Bonchev–Trinajstić information content (AvgIpc) is 3.07. The monoisotopic (exact) mass is 657 g/mol. The van der Waals surface area contributed by atoms with E-state index in [4.69, 9.17) is 43.4 Å². The molecule has 0 radical (unpaired) electrons. The zero-order valence-corrected chi connectivity index (χ0v) is 27.7. The van der Waals surface area contributed by atoms with Gasteiger partial charge in [0.2, 0.25) is 5.91 Å². The van der Waals surface area contributed by atoms with Crippen molar-refractivity contribution < 1.29 is 53.0 Å². The van der Waals surface area contributed by atoms with Crippen LogP contribution in [0.2, 0.25) is 0 Å². The lowest BCUT2D eigenvalue weighted by Gasteiger charge is -2.19. The molecular weight excluding hydrogens is 598 g/mol. The predicted octanol–water partition coefficient (Wildman–Crippen LogP) is 3.20. The molecule has 1 amide bonds. The largest absolute Gasteiger partial charge is 0.461 e. The minimum absolute atomic E-state index is 0.107. The fourth-order valence-corrected chi connectivity index (χ4v) is 4.04. The van der Waals surface area contributed by atoms with Gasteiger partial charge in [-0.2, -0.15) is 0 Å². The van der Waals surface area contributed by atoms with Crippen LogP contribution in [-0.2, 0) is 49.4 Å². The fourth-order valence-electron chi connectivity index (χ4n) is 4.04. The number of hydrogen-bond donors (Lipinski definition) is 3. The van der Waals surface area contributed by atoms with Crippen molar-refractivity contribution in [2.45, 2.75) is 76.9 Å². The van der Waals surface area contributed by atoms with E-state index in [2.05, 4.69) is 5.32 Å². The van der Waals surface area contributed by atoms with E-state index in [-0.39, 0.29) is 44.2 Å². The van der Waals surface area contributed by atoms with Crippen LogP contribution in [0.3, 0.4) is 0 Å². The van der Waals surface area contributed by atoms with Crippen molar-refractivity contribution in [1.82, 2.24) is 5.32 Å². The predicted molar refractivity (Wildman–Crippen MR) is 173 cm³/mol. The van der Waals surface area contributed by atoms with Crippen LogP contribution in [0.1, 0.15) is 69.8 Å². The molecule has 1 aromatic carbocycles. The molecule has 0 saturated heterocycles. The van der Waals surface area contributed by atoms with Gasteiger partial charge in [-0.3, -0.25) is 9.59 Å². The first-order valence-electron chi connectivity index (χ1n) is 16.8. The Morgan fingerprint density at radius 1 is 0.565 bits per heavy atom. The topological polar surface area (TPSA) is 151 Å². The minimum Gasteiger partial charge on any atom is -0.461 e. The smallest absolute Gasteiger partial charge is 0.306 e. The van der Waals surface area contributed by atoms with Crippen LogP contribution in [0.15, 0.2) is 30.3 Å². The average molecular weight is 658 g/mol. The molecule has 0 aromatic heterocycles. The Morgan fingerprint density at radius 2 is 1.00 bits per heavy atom. The first-order valence-corrected chi connectivity index (χ1v) is 16.8. The van der Waals surface area contributed by atoms with Gasteiger partial charge in [0.05, 0.1) is 19.3 Å².